The maximum atomic E-state index is 3.96. The molecule has 1 aromatic heterocycles. The number of aromatic amines is 1. The first kappa shape index (κ1) is 6.08. The molecule has 2 nitrogen and oxygen atoms in total. The van der Waals surface area contributed by atoms with Gasteiger partial charge < -0.3 is 4.98 Å². The van der Waals surface area contributed by atoms with Crippen molar-refractivity contribution in [1.29, 1.82) is 0 Å². The maximum absolute atomic E-state index is 3.96. The van der Waals surface area contributed by atoms with Crippen LogP contribution < -0.4 is 0 Å². The number of allylic oxidation sites excluding steroid dienone is 1. The fourth-order valence-electron chi connectivity index (χ4n) is 0.543. The number of aromatic nitrogens is 2. The second-order valence-electron chi connectivity index (χ2n) is 1.69. The van der Waals surface area contributed by atoms with Crippen molar-refractivity contribution in [3.63, 3.8) is 0 Å². The molecule has 0 aliphatic heterocycles. The van der Waals surface area contributed by atoms with Crippen LogP contribution in [0.25, 0.3) is 0 Å². The Morgan fingerprint density at radius 2 is 2.78 bits per heavy atom. The zero-order chi connectivity index (χ0) is 6.53. The first-order valence-corrected chi connectivity index (χ1v) is 3.01. The van der Waals surface area contributed by atoms with Gasteiger partial charge >= 0.3 is 0 Å². The Morgan fingerprint density at radius 1 is 1.89 bits per heavy atom. The van der Waals surface area contributed by atoms with Gasteiger partial charge in [0.25, 0.3) is 0 Å². The predicted molar refractivity (Wildman–Crippen MR) is 35.8 cm³/mol. The van der Waals surface area contributed by atoms with Crippen molar-refractivity contribution >= 4 is 0 Å². The summed E-state index contributed by atoms with van der Waals surface area (Å²) < 4.78 is 0. The monoisotopic (exact) mass is 121 g/mol. The molecule has 0 aliphatic rings. The Morgan fingerprint density at radius 3 is 3.33 bits per heavy atom. The van der Waals surface area contributed by atoms with Crippen LogP contribution in [0.15, 0.2) is 18.5 Å². The van der Waals surface area contributed by atoms with Crippen LogP contribution in [-0.4, -0.2) is 9.97 Å². The summed E-state index contributed by atoms with van der Waals surface area (Å²) in [6.45, 7) is 2.07. The number of imidazole rings is 1. The Balaban J connectivity index is 2.57. The van der Waals surface area contributed by atoms with E-state index in [2.05, 4.69) is 23.0 Å². The quantitative estimate of drug-likeness (QED) is 0.631. The molecule has 0 saturated heterocycles. The van der Waals surface area contributed by atoms with E-state index in [0.29, 0.717) is 0 Å². The third-order valence-corrected chi connectivity index (χ3v) is 0.941. The van der Waals surface area contributed by atoms with Crippen LogP contribution in [0, 0.1) is 6.08 Å². The highest BCUT2D eigenvalue weighted by Gasteiger charge is 1.82. The first-order valence-electron chi connectivity index (χ1n) is 3.01. The number of rotatable bonds is 2. The maximum Gasteiger partial charge on any atom is 0.137 e. The molecular weight excluding hydrogens is 112 g/mol. The summed E-state index contributed by atoms with van der Waals surface area (Å²) in [6.07, 6.45) is 9.42. The topological polar surface area (TPSA) is 28.7 Å². The van der Waals surface area contributed by atoms with Crippen molar-refractivity contribution in [1.82, 2.24) is 9.97 Å². The summed E-state index contributed by atoms with van der Waals surface area (Å²) in [4.78, 5) is 6.87. The van der Waals surface area contributed by atoms with E-state index in [-0.39, 0.29) is 0 Å². The molecule has 1 rings (SSSR count). The average Bonchev–Trinajstić information content (AvgIpc) is 2.34. The molecule has 1 N–H and O–H groups in total. The van der Waals surface area contributed by atoms with E-state index in [4.69, 9.17) is 0 Å². The Hall–Kier alpha value is -1.05. The van der Waals surface area contributed by atoms with Gasteiger partial charge in [0.1, 0.15) is 5.82 Å². The minimum Gasteiger partial charge on any atom is -0.345 e. The van der Waals surface area contributed by atoms with Crippen LogP contribution in [0.4, 0.5) is 0 Å². The van der Waals surface area contributed by atoms with Crippen molar-refractivity contribution in [2.24, 2.45) is 0 Å². The standard InChI is InChI=1S/C7H9N2/c1-2-3-4-7-8-5-6-9-7/h3,5-6H,2H2,1H3,(H,8,9). The van der Waals surface area contributed by atoms with Crippen LogP contribution in [0.1, 0.15) is 19.2 Å². The van der Waals surface area contributed by atoms with Crippen molar-refractivity contribution in [3.05, 3.63) is 30.4 Å². The Kier molecular flexibility index (Phi) is 2.07. The molecule has 0 saturated carbocycles. The van der Waals surface area contributed by atoms with E-state index >= 15 is 0 Å². The van der Waals surface area contributed by atoms with Gasteiger partial charge in [-0.05, 0) is 6.42 Å². The van der Waals surface area contributed by atoms with E-state index in [0.717, 1.165) is 12.2 Å². The van der Waals surface area contributed by atoms with Gasteiger partial charge in [-0.25, -0.2) is 4.98 Å². The van der Waals surface area contributed by atoms with E-state index in [1.807, 2.05) is 6.08 Å². The normalized spacial score (nSPS) is 10.8. The van der Waals surface area contributed by atoms with E-state index in [1.54, 1.807) is 12.4 Å². The lowest BCUT2D eigenvalue weighted by atomic mass is 10.4. The predicted octanol–water partition coefficient (Wildman–Crippen LogP) is 1.53. The molecule has 0 atom stereocenters. The fraction of sp³-hybridized carbons (Fsp3) is 0.286. The minimum absolute atomic E-state index is 0.803. The van der Waals surface area contributed by atoms with Gasteiger partial charge in [-0.2, -0.15) is 0 Å². The van der Waals surface area contributed by atoms with E-state index < -0.39 is 0 Å². The van der Waals surface area contributed by atoms with Gasteiger partial charge in [0, 0.05) is 18.5 Å². The molecule has 0 aliphatic carbocycles. The zero-order valence-electron chi connectivity index (χ0n) is 5.39. The lowest BCUT2D eigenvalue weighted by Gasteiger charge is -1.78. The highest BCUT2D eigenvalue weighted by molar-refractivity contribution is 4.99. The van der Waals surface area contributed by atoms with Gasteiger partial charge in [-0.3, -0.25) is 0 Å². The van der Waals surface area contributed by atoms with Crippen molar-refractivity contribution < 1.29 is 0 Å². The molecule has 0 aromatic carbocycles. The summed E-state index contributed by atoms with van der Waals surface area (Å²) in [5.74, 6) is 0.803. The summed E-state index contributed by atoms with van der Waals surface area (Å²) in [5, 5.41) is 0. The Labute approximate surface area is 54.6 Å². The van der Waals surface area contributed by atoms with Crippen LogP contribution >= 0.6 is 0 Å². The van der Waals surface area contributed by atoms with E-state index in [1.165, 1.54) is 0 Å². The van der Waals surface area contributed by atoms with Crippen LogP contribution in [-0.2, 0) is 0 Å². The molecule has 1 aromatic rings. The summed E-state index contributed by atoms with van der Waals surface area (Å²) in [7, 11) is 0. The second kappa shape index (κ2) is 3.07. The molecule has 0 unspecified atom stereocenters. The third kappa shape index (κ3) is 1.72. The summed E-state index contributed by atoms with van der Waals surface area (Å²) in [6, 6.07) is 0. The first-order chi connectivity index (χ1) is 4.43. The van der Waals surface area contributed by atoms with Crippen LogP contribution in [0.2, 0.25) is 0 Å². The number of hydrogen-bond acceptors (Lipinski definition) is 1. The molecule has 0 fully saturated rings. The molecule has 0 spiro atoms. The lowest BCUT2D eigenvalue weighted by Crippen LogP contribution is -1.73. The van der Waals surface area contributed by atoms with Gasteiger partial charge in [0.15, 0.2) is 0 Å². The third-order valence-electron chi connectivity index (χ3n) is 0.941. The fourth-order valence-corrected chi connectivity index (χ4v) is 0.543. The van der Waals surface area contributed by atoms with Crippen molar-refractivity contribution in [2.75, 3.05) is 0 Å². The zero-order valence-corrected chi connectivity index (χ0v) is 5.39. The van der Waals surface area contributed by atoms with Gasteiger partial charge in [-0.1, -0.05) is 13.0 Å². The number of H-pyrrole nitrogens is 1. The minimum atomic E-state index is 0.803. The smallest absolute Gasteiger partial charge is 0.137 e. The molecular formula is C7H9N2. The molecule has 1 radical (unpaired) electrons. The summed E-state index contributed by atoms with van der Waals surface area (Å²) >= 11 is 0. The molecule has 0 amide bonds. The number of nitrogens with zero attached hydrogens (tertiary/aromatic N) is 1. The molecule has 47 valence electrons. The number of hydrogen-bond donors (Lipinski definition) is 1. The van der Waals surface area contributed by atoms with Gasteiger partial charge in [0.2, 0.25) is 0 Å². The van der Waals surface area contributed by atoms with Crippen LogP contribution in [0.5, 0.6) is 0 Å². The van der Waals surface area contributed by atoms with Crippen LogP contribution in [0.3, 0.4) is 0 Å². The molecule has 2 heteroatoms. The Bertz CT molecular complexity index is 175. The highest BCUT2D eigenvalue weighted by Crippen LogP contribution is 1.88. The average molecular weight is 121 g/mol. The second-order valence-corrected chi connectivity index (χ2v) is 1.69. The SMILES string of the molecule is CC/C=[C]\c1ncc[nH]1. The number of nitrogens with one attached hydrogen (secondary N) is 1. The van der Waals surface area contributed by atoms with Gasteiger partial charge in [0.05, 0.1) is 0 Å². The van der Waals surface area contributed by atoms with Crippen molar-refractivity contribution in [2.45, 2.75) is 13.3 Å². The van der Waals surface area contributed by atoms with Gasteiger partial charge in [-0.15, -0.1) is 0 Å². The largest absolute Gasteiger partial charge is 0.345 e. The molecule has 0 bridgehead atoms. The summed E-state index contributed by atoms with van der Waals surface area (Å²) in [5.41, 5.74) is 0. The lowest BCUT2D eigenvalue weighted by molar-refractivity contribution is 1.16. The molecule has 1 heterocycles. The van der Waals surface area contributed by atoms with E-state index in [9.17, 15) is 0 Å². The van der Waals surface area contributed by atoms with Crippen molar-refractivity contribution in [3.8, 4) is 0 Å². The highest BCUT2D eigenvalue weighted by atomic mass is 14.9. The molecule has 9 heavy (non-hydrogen) atoms.